The van der Waals surface area contributed by atoms with E-state index < -0.39 is 0 Å². The second-order valence-corrected chi connectivity index (χ2v) is 7.17. The number of thiophene rings is 1. The van der Waals surface area contributed by atoms with Crippen LogP contribution >= 0.6 is 22.9 Å². The predicted molar refractivity (Wildman–Crippen MR) is 91.8 cm³/mol. The van der Waals surface area contributed by atoms with E-state index in [9.17, 15) is 0 Å². The fraction of sp³-hybridized carbons (Fsp3) is 0.353. The highest BCUT2D eigenvalue weighted by molar-refractivity contribution is 7.12. The first-order chi connectivity index (χ1) is 10.1. The van der Waals surface area contributed by atoms with Gasteiger partial charge in [-0.15, -0.1) is 22.9 Å². The molecule has 0 atom stereocenters. The van der Waals surface area contributed by atoms with Crippen LogP contribution in [0.3, 0.4) is 0 Å². The van der Waals surface area contributed by atoms with Crippen molar-refractivity contribution in [1.82, 2.24) is 9.55 Å². The van der Waals surface area contributed by atoms with E-state index >= 15 is 0 Å². The fourth-order valence-electron chi connectivity index (χ4n) is 2.74. The Morgan fingerprint density at radius 1 is 1.19 bits per heavy atom. The average molecular weight is 319 g/mol. The summed E-state index contributed by atoms with van der Waals surface area (Å²) in [6.07, 6.45) is 0.805. The lowest BCUT2D eigenvalue weighted by atomic mass is 10.2. The minimum absolute atomic E-state index is 0.602. The molecule has 0 fully saturated rings. The summed E-state index contributed by atoms with van der Waals surface area (Å²) in [7, 11) is 0. The van der Waals surface area contributed by atoms with Crippen LogP contribution in [0.1, 0.15) is 26.7 Å². The van der Waals surface area contributed by atoms with Gasteiger partial charge in [-0.25, -0.2) is 4.98 Å². The van der Waals surface area contributed by atoms with Crippen LogP contribution in [-0.4, -0.2) is 15.4 Å². The zero-order valence-corrected chi connectivity index (χ0v) is 14.2. The van der Waals surface area contributed by atoms with Crippen molar-refractivity contribution in [3.05, 3.63) is 51.0 Å². The number of hydrogen-bond acceptors (Lipinski definition) is 2. The van der Waals surface area contributed by atoms with Crippen molar-refractivity contribution in [3.8, 4) is 0 Å². The highest BCUT2D eigenvalue weighted by Crippen LogP contribution is 2.26. The molecule has 2 nitrogen and oxygen atoms in total. The van der Waals surface area contributed by atoms with Crippen LogP contribution < -0.4 is 0 Å². The summed E-state index contributed by atoms with van der Waals surface area (Å²) in [4.78, 5) is 7.54. The molecule has 0 saturated heterocycles. The van der Waals surface area contributed by atoms with Crippen molar-refractivity contribution in [2.24, 2.45) is 0 Å². The number of para-hydroxylation sites is 1. The van der Waals surface area contributed by atoms with E-state index in [1.807, 2.05) is 11.3 Å². The third kappa shape index (κ3) is 2.72. The molecular weight excluding hydrogens is 300 g/mol. The third-order valence-electron chi connectivity index (χ3n) is 3.90. The summed E-state index contributed by atoms with van der Waals surface area (Å²) in [6.45, 7) is 7.38. The van der Waals surface area contributed by atoms with Crippen LogP contribution in [0.25, 0.3) is 11.0 Å². The summed E-state index contributed by atoms with van der Waals surface area (Å²) >= 11 is 7.83. The number of rotatable bonds is 4. The summed E-state index contributed by atoms with van der Waals surface area (Å²) in [6, 6.07) is 8.59. The lowest BCUT2D eigenvalue weighted by Gasteiger charge is -2.08. The first-order valence-electron chi connectivity index (χ1n) is 7.16. The zero-order chi connectivity index (χ0) is 15.0. The van der Waals surface area contributed by atoms with Crippen molar-refractivity contribution in [2.45, 2.75) is 33.7 Å². The molecule has 0 aliphatic carbocycles. The van der Waals surface area contributed by atoms with Gasteiger partial charge in [-0.1, -0.05) is 12.1 Å². The van der Waals surface area contributed by atoms with Crippen LogP contribution in [0.15, 0.2) is 24.3 Å². The quantitative estimate of drug-likeness (QED) is 0.629. The maximum atomic E-state index is 5.96. The molecule has 0 spiro atoms. The maximum absolute atomic E-state index is 5.96. The largest absolute Gasteiger partial charge is 0.322 e. The standard InChI is InChI=1S/C17H19ClN2S/c1-11-5-4-6-15-17(11)20(16(19-15)7-8-18)10-14-9-12(2)13(3)21-14/h4-6,9H,7-8,10H2,1-3H3. The molecule has 0 aliphatic heterocycles. The number of halogens is 1. The van der Waals surface area contributed by atoms with Gasteiger partial charge in [0.15, 0.2) is 0 Å². The Labute approximate surface area is 134 Å². The molecule has 0 unspecified atom stereocenters. The van der Waals surface area contributed by atoms with Crippen LogP contribution in [0.2, 0.25) is 0 Å². The monoisotopic (exact) mass is 318 g/mol. The van der Waals surface area contributed by atoms with Crippen molar-refractivity contribution in [1.29, 1.82) is 0 Å². The summed E-state index contributed by atoms with van der Waals surface area (Å²) in [5.41, 5.74) is 4.95. The average Bonchev–Trinajstić information content (AvgIpc) is 2.93. The van der Waals surface area contributed by atoms with E-state index in [4.69, 9.17) is 16.6 Å². The van der Waals surface area contributed by atoms with Gasteiger partial charge in [0.1, 0.15) is 5.82 Å². The number of nitrogens with zero attached hydrogens (tertiary/aromatic N) is 2. The SMILES string of the molecule is Cc1cc(Cn2c(CCCl)nc3cccc(C)c32)sc1C. The molecule has 2 aromatic heterocycles. The number of aromatic nitrogens is 2. The maximum Gasteiger partial charge on any atom is 0.111 e. The molecule has 3 aromatic rings. The van der Waals surface area contributed by atoms with Gasteiger partial charge in [0, 0.05) is 22.1 Å². The second-order valence-electron chi connectivity index (χ2n) is 5.45. The van der Waals surface area contributed by atoms with Crippen molar-refractivity contribution in [2.75, 3.05) is 5.88 Å². The van der Waals surface area contributed by atoms with E-state index in [-0.39, 0.29) is 0 Å². The lowest BCUT2D eigenvalue weighted by molar-refractivity contribution is 0.761. The Morgan fingerprint density at radius 3 is 2.67 bits per heavy atom. The molecular formula is C17H19ClN2S. The minimum atomic E-state index is 0.602. The van der Waals surface area contributed by atoms with E-state index in [2.05, 4.69) is 49.6 Å². The van der Waals surface area contributed by atoms with Gasteiger partial charge in [-0.05, 0) is 44.0 Å². The van der Waals surface area contributed by atoms with E-state index in [1.165, 1.54) is 26.4 Å². The van der Waals surface area contributed by atoms with Crippen molar-refractivity contribution in [3.63, 3.8) is 0 Å². The number of alkyl halides is 1. The summed E-state index contributed by atoms with van der Waals surface area (Å²) < 4.78 is 2.33. The van der Waals surface area contributed by atoms with Gasteiger partial charge in [0.25, 0.3) is 0 Å². The number of aryl methyl sites for hydroxylation is 4. The van der Waals surface area contributed by atoms with Gasteiger partial charge in [0.2, 0.25) is 0 Å². The molecule has 3 rings (SSSR count). The topological polar surface area (TPSA) is 17.8 Å². The van der Waals surface area contributed by atoms with Crippen molar-refractivity contribution >= 4 is 34.0 Å². The molecule has 1 aromatic carbocycles. The van der Waals surface area contributed by atoms with Gasteiger partial charge in [-0.2, -0.15) is 0 Å². The summed E-state index contributed by atoms with van der Waals surface area (Å²) in [5, 5.41) is 0. The molecule has 0 amide bonds. The summed E-state index contributed by atoms with van der Waals surface area (Å²) in [5.74, 6) is 1.68. The molecule has 0 saturated carbocycles. The molecule has 0 N–H and O–H groups in total. The Morgan fingerprint density at radius 2 is 2.00 bits per heavy atom. The van der Waals surface area contributed by atoms with Crippen LogP contribution in [0, 0.1) is 20.8 Å². The number of fused-ring (bicyclic) bond motifs is 1. The molecule has 0 radical (unpaired) electrons. The Kier molecular flexibility index (Phi) is 4.05. The minimum Gasteiger partial charge on any atom is -0.322 e. The predicted octanol–water partition coefficient (Wildman–Crippen LogP) is 4.85. The zero-order valence-electron chi connectivity index (χ0n) is 12.6. The number of imidazole rings is 1. The normalized spacial score (nSPS) is 11.4. The molecule has 2 heterocycles. The van der Waals surface area contributed by atoms with Gasteiger partial charge < -0.3 is 4.57 Å². The van der Waals surface area contributed by atoms with Crippen molar-refractivity contribution < 1.29 is 0 Å². The number of hydrogen-bond donors (Lipinski definition) is 0. The van der Waals surface area contributed by atoms with E-state index in [1.54, 1.807) is 0 Å². The smallest absolute Gasteiger partial charge is 0.111 e. The Balaban J connectivity index is 2.12. The van der Waals surface area contributed by atoms with Gasteiger partial charge >= 0.3 is 0 Å². The number of benzene rings is 1. The second kappa shape index (κ2) is 5.82. The Bertz CT molecular complexity index is 766. The highest BCUT2D eigenvalue weighted by Gasteiger charge is 2.13. The lowest BCUT2D eigenvalue weighted by Crippen LogP contribution is -2.05. The third-order valence-corrected chi connectivity index (χ3v) is 5.22. The van der Waals surface area contributed by atoms with Crippen LogP contribution in [0.5, 0.6) is 0 Å². The molecule has 110 valence electrons. The van der Waals surface area contributed by atoms with E-state index in [0.29, 0.717) is 5.88 Å². The molecule has 0 bridgehead atoms. The highest BCUT2D eigenvalue weighted by atomic mass is 35.5. The van der Waals surface area contributed by atoms with E-state index in [0.717, 1.165) is 24.3 Å². The van der Waals surface area contributed by atoms with Crippen LogP contribution in [0.4, 0.5) is 0 Å². The first-order valence-corrected chi connectivity index (χ1v) is 8.52. The molecule has 4 heteroatoms. The fourth-order valence-corrected chi connectivity index (χ4v) is 3.95. The molecule has 21 heavy (non-hydrogen) atoms. The van der Waals surface area contributed by atoms with Gasteiger partial charge in [0.05, 0.1) is 17.6 Å². The first kappa shape index (κ1) is 14.6. The van der Waals surface area contributed by atoms with Gasteiger partial charge in [-0.3, -0.25) is 0 Å². The Hall–Kier alpha value is -1.32. The van der Waals surface area contributed by atoms with Crippen LogP contribution in [-0.2, 0) is 13.0 Å². The molecule has 0 aliphatic rings.